The Balaban J connectivity index is 2.23. The first-order chi connectivity index (χ1) is 8.15. The highest BCUT2D eigenvalue weighted by atomic mass is 35.5. The van der Waals surface area contributed by atoms with E-state index in [0.717, 1.165) is 16.7 Å². The number of benzene rings is 1. The highest BCUT2D eigenvalue weighted by Gasteiger charge is 2.00. The Labute approximate surface area is 105 Å². The number of amides is 1. The van der Waals surface area contributed by atoms with Crippen LogP contribution in [0.5, 0.6) is 0 Å². The fourth-order valence-corrected chi connectivity index (χ4v) is 1.65. The molecule has 0 aliphatic carbocycles. The predicted molar refractivity (Wildman–Crippen MR) is 67.5 cm³/mol. The van der Waals surface area contributed by atoms with Gasteiger partial charge in [0.1, 0.15) is 0 Å². The molecule has 17 heavy (non-hydrogen) atoms. The van der Waals surface area contributed by atoms with E-state index < -0.39 is 0 Å². The molecule has 0 radical (unpaired) electrons. The normalized spacial score (nSPS) is 9.71. The van der Waals surface area contributed by atoms with E-state index >= 15 is 0 Å². The van der Waals surface area contributed by atoms with Crippen LogP contribution in [-0.2, 0) is 11.2 Å². The number of carbonyl (C=O) groups is 1. The summed E-state index contributed by atoms with van der Waals surface area (Å²) in [4.78, 5) is 10.8. The molecule has 0 saturated heterocycles. The molecule has 0 aromatic heterocycles. The van der Waals surface area contributed by atoms with Gasteiger partial charge in [-0.3, -0.25) is 4.79 Å². The topological polar surface area (TPSA) is 43.1 Å². The third-order valence-electron chi connectivity index (χ3n) is 2.36. The summed E-state index contributed by atoms with van der Waals surface area (Å²) in [5.74, 6) is -0.330. The predicted octanol–water partition coefficient (Wildman–Crippen LogP) is 2.64. The number of hydrogen-bond acceptors (Lipinski definition) is 1. The lowest BCUT2D eigenvalue weighted by atomic mass is 10.0. The number of halogens is 1. The Kier molecular flexibility index (Phi) is 3.32. The van der Waals surface area contributed by atoms with Gasteiger partial charge >= 0.3 is 0 Å². The summed E-state index contributed by atoms with van der Waals surface area (Å²) < 4.78 is 0. The molecule has 0 unspecified atom stereocenters. The van der Waals surface area contributed by atoms with Gasteiger partial charge in [0, 0.05) is 5.56 Å². The van der Waals surface area contributed by atoms with Gasteiger partial charge in [0.25, 0.3) is 0 Å². The average Bonchev–Trinajstić information content (AvgIpc) is 2.30. The largest absolute Gasteiger partial charge is 0.369 e. The van der Waals surface area contributed by atoms with Crippen molar-refractivity contribution in [3.63, 3.8) is 0 Å². The molecular formula is C14H10ClNO. The first-order valence-electron chi connectivity index (χ1n) is 5.12. The summed E-state index contributed by atoms with van der Waals surface area (Å²) in [6.07, 6.45) is 0.261. The molecule has 2 N–H and O–H groups in total. The number of rotatable bonds is 3. The van der Waals surface area contributed by atoms with E-state index in [-0.39, 0.29) is 12.3 Å². The summed E-state index contributed by atoms with van der Waals surface area (Å²) in [6.45, 7) is 0. The molecular weight excluding hydrogens is 234 g/mol. The number of hydrogen-bond donors (Lipinski definition) is 1. The van der Waals surface area contributed by atoms with Gasteiger partial charge in [0.05, 0.1) is 11.4 Å². The van der Waals surface area contributed by atoms with Crippen LogP contribution < -0.4 is 5.73 Å². The first kappa shape index (κ1) is 11.5. The van der Waals surface area contributed by atoms with E-state index in [2.05, 4.69) is 12.1 Å². The van der Waals surface area contributed by atoms with E-state index in [0.29, 0.717) is 5.02 Å². The van der Waals surface area contributed by atoms with Crippen LogP contribution >= 0.6 is 11.6 Å². The Morgan fingerprint density at radius 3 is 2.35 bits per heavy atom. The maximum atomic E-state index is 10.8. The zero-order chi connectivity index (χ0) is 12.3. The van der Waals surface area contributed by atoms with Gasteiger partial charge in [-0.1, -0.05) is 41.9 Å². The van der Waals surface area contributed by atoms with Gasteiger partial charge in [-0.15, -0.1) is 0 Å². The van der Waals surface area contributed by atoms with Crippen LogP contribution in [0.3, 0.4) is 0 Å². The quantitative estimate of drug-likeness (QED) is 0.885. The van der Waals surface area contributed by atoms with Crippen molar-refractivity contribution in [2.75, 3.05) is 0 Å². The molecule has 1 amide bonds. The molecule has 0 bridgehead atoms. The van der Waals surface area contributed by atoms with Crippen LogP contribution in [0.4, 0.5) is 0 Å². The van der Waals surface area contributed by atoms with E-state index in [1.54, 1.807) is 6.07 Å². The highest BCUT2D eigenvalue weighted by Crippen LogP contribution is 2.19. The van der Waals surface area contributed by atoms with Crippen LogP contribution in [0.1, 0.15) is 5.56 Å². The van der Waals surface area contributed by atoms with Crippen molar-refractivity contribution in [1.82, 2.24) is 0 Å². The lowest BCUT2D eigenvalue weighted by Crippen LogP contribution is -2.13. The summed E-state index contributed by atoms with van der Waals surface area (Å²) in [6, 6.07) is 17.0. The van der Waals surface area contributed by atoms with Gasteiger partial charge in [0.2, 0.25) is 5.91 Å². The Hall–Kier alpha value is -1.98. The third kappa shape index (κ3) is 2.99. The van der Waals surface area contributed by atoms with Crippen molar-refractivity contribution in [3.05, 3.63) is 59.1 Å². The monoisotopic (exact) mass is 243 g/mol. The first-order valence-corrected chi connectivity index (χ1v) is 5.50. The minimum absolute atomic E-state index is 0.261. The van der Waals surface area contributed by atoms with Gasteiger partial charge in [-0.2, -0.15) is 0 Å². The van der Waals surface area contributed by atoms with Crippen LogP contribution in [0.25, 0.3) is 11.1 Å². The minimum Gasteiger partial charge on any atom is -0.369 e. The van der Waals surface area contributed by atoms with Crippen LogP contribution in [-0.4, -0.2) is 5.91 Å². The second-order valence-corrected chi connectivity index (χ2v) is 4.09. The van der Waals surface area contributed by atoms with Gasteiger partial charge in [0.15, 0.2) is 0 Å². The van der Waals surface area contributed by atoms with E-state index in [4.69, 9.17) is 17.3 Å². The van der Waals surface area contributed by atoms with E-state index in [1.807, 2.05) is 30.3 Å². The molecule has 2 nitrogen and oxygen atoms in total. The second kappa shape index (κ2) is 4.90. The number of primary amides is 1. The van der Waals surface area contributed by atoms with E-state index in [1.165, 1.54) is 0 Å². The van der Waals surface area contributed by atoms with Crippen LogP contribution in [0.2, 0.25) is 5.02 Å². The molecule has 3 heteroatoms. The molecule has 0 fully saturated rings. The molecule has 2 aromatic rings. The molecule has 84 valence electrons. The Bertz CT molecular complexity index is 517. The summed E-state index contributed by atoms with van der Waals surface area (Å²) in [7, 11) is 0. The third-order valence-corrected chi connectivity index (χ3v) is 2.58. The molecule has 0 aliphatic rings. The van der Waals surface area contributed by atoms with Crippen LogP contribution in [0.15, 0.2) is 36.4 Å². The highest BCUT2D eigenvalue weighted by molar-refractivity contribution is 6.30. The second-order valence-electron chi connectivity index (χ2n) is 3.68. The smallest absolute Gasteiger partial charge is 0.221 e. The lowest BCUT2D eigenvalue weighted by molar-refractivity contribution is -0.117. The lowest BCUT2D eigenvalue weighted by Gasteiger charge is -2.01. The zero-order valence-electron chi connectivity index (χ0n) is 9.03. The van der Waals surface area contributed by atoms with Crippen molar-refractivity contribution >= 4 is 17.5 Å². The number of nitrogens with two attached hydrogens (primary N) is 1. The maximum absolute atomic E-state index is 10.8. The Morgan fingerprint density at radius 2 is 1.82 bits per heavy atom. The fraction of sp³-hybridized carbons (Fsp3) is 0.0714. The molecule has 2 rings (SSSR count). The summed E-state index contributed by atoms with van der Waals surface area (Å²) in [5.41, 5.74) is 7.95. The SMILES string of the molecule is NC(=O)Cc1ccc(-c2c#cc(Cl)cc2)cc1. The molecule has 2 aromatic carbocycles. The standard InChI is InChI=1S/C14H10ClNO/c15-13-7-5-12(6-8-13)11-3-1-10(2-4-11)9-14(16)17/h1-5,7H,9H2,(H2,16,17). The van der Waals surface area contributed by atoms with Crippen LogP contribution in [0, 0.1) is 12.1 Å². The van der Waals surface area contributed by atoms with Gasteiger partial charge in [-0.25, -0.2) is 0 Å². The van der Waals surface area contributed by atoms with Crippen molar-refractivity contribution in [2.45, 2.75) is 6.42 Å². The van der Waals surface area contributed by atoms with E-state index in [9.17, 15) is 4.79 Å². The maximum Gasteiger partial charge on any atom is 0.221 e. The molecule has 0 heterocycles. The van der Waals surface area contributed by atoms with Gasteiger partial charge < -0.3 is 5.73 Å². The fourth-order valence-electron chi connectivity index (χ4n) is 1.54. The average molecular weight is 244 g/mol. The van der Waals surface area contributed by atoms with Crippen molar-refractivity contribution < 1.29 is 4.79 Å². The van der Waals surface area contributed by atoms with Crippen molar-refractivity contribution in [3.8, 4) is 11.1 Å². The van der Waals surface area contributed by atoms with Crippen molar-refractivity contribution in [2.24, 2.45) is 5.73 Å². The zero-order valence-corrected chi connectivity index (χ0v) is 9.79. The minimum atomic E-state index is -0.330. The molecule has 0 spiro atoms. The summed E-state index contributed by atoms with van der Waals surface area (Å²) >= 11 is 5.74. The molecule has 0 aliphatic heterocycles. The van der Waals surface area contributed by atoms with Gasteiger partial charge in [-0.05, 0) is 29.3 Å². The molecule has 0 saturated carbocycles. The summed E-state index contributed by atoms with van der Waals surface area (Å²) in [5, 5.41) is 0.541. The molecule has 0 atom stereocenters. The van der Waals surface area contributed by atoms with Crippen molar-refractivity contribution in [1.29, 1.82) is 0 Å². The number of carbonyl (C=O) groups excluding carboxylic acids is 1. The Morgan fingerprint density at radius 1 is 1.12 bits per heavy atom.